The van der Waals surface area contributed by atoms with Crippen molar-refractivity contribution in [2.45, 2.75) is 0 Å². The molecular weight excluding hydrogens is 243 g/mol. The summed E-state index contributed by atoms with van der Waals surface area (Å²) in [6, 6.07) is 9.34. The Morgan fingerprint density at radius 1 is 1.18 bits per heavy atom. The predicted octanol–water partition coefficient (Wildman–Crippen LogP) is 2.90. The smallest absolute Gasteiger partial charge is 0.142 e. The third-order valence-electron chi connectivity index (χ3n) is 2.09. The molecule has 0 aliphatic carbocycles. The number of hydrogen-bond donors (Lipinski definition) is 3. The number of benzene rings is 1. The quantitative estimate of drug-likeness (QED) is 0.581. The van der Waals surface area contributed by atoms with E-state index in [1.54, 1.807) is 24.3 Å². The molecule has 0 spiro atoms. The summed E-state index contributed by atoms with van der Waals surface area (Å²) in [5, 5.41) is 3.26. The van der Waals surface area contributed by atoms with Gasteiger partial charge in [0.15, 0.2) is 0 Å². The highest BCUT2D eigenvalue weighted by Gasteiger charge is 2.03. The molecule has 0 saturated carbocycles. The minimum atomic E-state index is -0.383. The van der Waals surface area contributed by atoms with Gasteiger partial charge in [-0.3, -0.25) is 0 Å². The molecule has 6 heteroatoms. The van der Waals surface area contributed by atoms with Gasteiger partial charge in [0.25, 0.3) is 0 Å². The van der Waals surface area contributed by atoms with Crippen LogP contribution in [0.2, 0.25) is 5.02 Å². The number of nitrogen functional groups attached to an aromatic ring is 1. The topological polar surface area (TPSA) is 63.0 Å². The third kappa shape index (κ3) is 2.83. The van der Waals surface area contributed by atoms with Crippen LogP contribution in [0.15, 0.2) is 36.4 Å². The number of aromatic nitrogens is 1. The maximum atomic E-state index is 12.9. The summed E-state index contributed by atoms with van der Waals surface area (Å²) in [6.07, 6.45) is 0. The fourth-order valence-electron chi connectivity index (χ4n) is 1.31. The van der Waals surface area contributed by atoms with Crippen molar-refractivity contribution in [2.24, 2.45) is 5.84 Å². The number of nitrogens with zero attached hydrogens (tertiary/aromatic N) is 1. The van der Waals surface area contributed by atoms with Crippen molar-refractivity contribution in [1.82, 2.24) is 4.98 Å². The van der Waals surface area contributed by atoms with E-state index >= 15 is 0 Å². The Kier molecular flexibility index (Phi) is 3.41. The Bertz CT molecular complexity index is 533. The van der Waals surface area contributed by atoms with Crippen LogP contribution in [-0.4, -0.2) is 4.98 Å². The molecule has 0 amide bonds. The molecule has 0 aliphatic rings. The zero-order chi connectivity index (χ0) is 12.3. The molecule has 4 nitrogen and oxygen atoms in total. The monoisotopic (exact) mass is 252 g/mol. The summed E-state index contributed by atoms with van der Waals surface area (Å²) in [7, 11) is 0. The van der Waals surface area contributed by atoms with Crippen molar-refractivity contribution in [2.75, 3.05) is 10.7 Å². The van der Waals surface area contributed by atoms with E-state index in [0.29, 0.717) is 17.3 Å². The second kappa shape index (κ2) is 4.99. The molecule has 0 aliphatic heterocycles. The van der Waals surface area contributed by atoms with Gasteiger partial charge in [-0.05, 0) is 30.3 Å². The highest BCUT2D eigenvalue weighted by molar-refractivity contribution is 6.33. The lowest BCUT2D eigenvalue weighted by atomic mass is 10.3. The van der Waals surface area contributed by atoms with Gasteiger partial charge in [0.2, 0.25) is 0 Å². The number of pyridine rings is 1. The van der Waals surface area contributed by atoms with Gasteiger partial charge in [0.1, 0.15) is 17.5 Å². The van der Waals surface area contributed by atoms with Gasteiger partial charge in [-0.15, -0.1) is 0 Å². The molecule has 0 bridgehead atoms. The normalized spacial score (nSPS) is 10.1. The van der Waals surface area contributed by atoms with Crippen molar-refractivity contribution < 1.29 is 4.39 Å². The average Bonchev–Trinajstić information content (AvgIpc) is 2.33. The van der Waals surface area contributed by atoms with Gasteiger partial charge in [-0.2, -0.15) is 0 Å². The summed E-state index contributed by atoms with van der Waals surface area (Å²) in [5.74, 6) is 5.95. The van der Waals surface area contributed by atoms with E-state index in [0.717, 1.165) is 0 Å². The van der Waals surface area contributed by atoms with Gasteiger partial charge in [0.05, 0.1) is 10.7 Å². The minimum absolute atomic E-state index is 0.290. The molecule has 0 unspecified atom stereocenters. The van der Waals surface area contributed by atoms with E-state index in [4.69, 9.17) is 17.4 Å². The Hall–Kier alpha value is -1.85. The summed E-state index contributed by atoms with van der Waals surface area (Å²) in [6.45, 7) is 0. The van der Waals surface area contributed by atoms with Gasteiger partial charge in [0, 0.05) is 0 Å². The first-order valence-electron chi connectivity index (χ1n) is 4.85. The van der Waals surface area contributed by atoms with Crippen LogP contribution in [0.25, 0.3) is 0 Å². The third-order valence-corrected chi connectivity index (χ3v) is 2.40. The molecular formula is C11H10ClFN4. The summed E-state index contributed by atoms with van der Waals surface area (Å²) in [4.78, 5) is 4.15. The molecule has 0 radical (unpaired) electrons. The van der Waals surface area contributed by atoms with E-state index in [2.05, 4.69) is 15.7 Å². The molecule has 0 atom stereocenters. The maximum absolute atomic E-state index is 12.9. The summed E-state index contributed by atoms with van der Waals surface area (Å²) >= 11 is 5.88. The number of rotatable bonds is 3. The Labute approximate surface area is 103 Å². The Morgan fingerprint density at radius 3 is 2.65 bits per heavy atom. The average molecular weight is 253 g/mol. The minimum Gasteiger partial charge on any atom is -0.339 e. The molecule has 1 aromatic heterocycles. The van der Waals surface area contributed by atoms with Crippen LogP contribution in [0, 0.1) is 5.82 Å². The first kappa shape index (κ1) is 11.6. The Balaban J connectivity index is 2.25. The van der Waals surface area contributed by atoms with Crippen LogP contribution in [0.1, 0.15) is 0 Å². The number of hydrazine groups is 1. The molecule has 0 saturated heterocycles. The van der Waals surface area contributed by atoms with Crippen LogP contribution >= 0.6 is 11.6 Å². The molecule has 0 fully saturated rings. The number of anilines is 3. The highest BCUT2D eigenvalue weighted by Crippen LogP contribution is 2.25. The highest BCUT2D eigenvalue weighted by atomic mass is 35.5. The van der Waals surface area contributed by atoms with Crippen molar-refractivity contribution in [3.05, 3.63) is 47.2 Å². The fraction of sp³-hybridized carbons (Fsp3) is 0. The number of hydrogen-bond acceptors (Lipinski definition) is 4. The first-order valence-corrected chi connectivity index (χ1v) is 5.22. The van der Waals surface area contributed by atoms with E-state index in [1.165, 1.54) is 12.1 Å². The van der Waals surface area contributed by atoms with Crippen LogP contribution in [-0.2, 0) is 0 Å². The van der Waals surface area contributed by atoms with Crippen LogP contribution in [0.3, 0.4) is 0 Å². The van der Waals surface area contributed by atoms with Crippen molar-refractivity contribution in [3.8, 4) is 0 Å². The molecule has 4 N–H and O–H groups in total. The van der Waals surface area contributed by atoms with Crippen LogP contribution < -0.4 is 16.6 Å². The number of nitrogens with two attached hydrogens (primary N) is 1. The standard InChI is InChI=1S/C11H10ClFN4/c12-8-6-7(13)4-5-9(8)15-10-2-1-3-11(16-10)17-14/h1-6H,14H2,(H2,15,16,17). The largest absolute Gasteiger partial charge is 0.339 e. The zero-order valence-electron chi connectivity index (χ0n) is 8.74. The van der Waals surface area contributed by atoms with Crippen molar-refractivity contribution >= 4 is 28.9 Å². The number of halogens is 2. The Morgan fingerprint density at radius 2 is 1.94 bits per heavy atom. The van der Waals surface area contributed by atoms with Crippen molar-refractivity contribution in [3.63, 3.8) is 0 Å². The van der Waals surface area contributed by atoms with Gasteiger partial charge < -0.3 is 10.7 Å². The van der Waals surface area contributed by atoms with Gasteiger partial charge >= 0.3 is 0 Å². The zero-order valence-corrected chi connectivity index (χ0v) is 9.50. The molecule has 2 aromatic rings. The van der Waals surface area contributed by atoms with E-state index in [-0.39, 0.29) is 10.8 Å². The number of nitrogens with one attached hydrogen (secondary N) is 2. The van der Waals surface area contributed by atoms with E-state index in [1.807, 2.05) is 0 Å². The van der Waals surface area contributed by atoms with E-state index in [9.17, 15) is 4.39 Å². The van der Waals surface area contributed by atoms with Gasteiger partial charge in [-0.1, -0.05) is 17.7 Å². The SMILES string of the molecule is NNc1cccc(Nc2ccc(F)cc2Cl)n1. The summed E-state index contributed by atoms with van der Waals surface area (Å²) in [5.41, 5.74) is 3.01. The molecule has 1 aromatic carbocycles. The molecule has 17 heavy (non-hydrogen) atoms. The van der Waals surface area contributed by atoms with Gasteiger partial charge in [-0.25, -0.2) is 15.2 Å². The fourth-order valence-corrected chi connectivity index (χ4v) is 1.53. The predicted molar refractivity (Wildman–Crippen MR) is 66.7 cm³/mol. The lowest BCUT2D eigenvalue weighted by Crippen LogP contribution is -2.09. The second-order valence-electron chi connectivity index (χ2n) is 3.30. The molecule has 2 rings (SSSR count). The van der Waals surface area contributed by atoms with Crippen LogP contribution in [0.5, 0.6) is 0 Å². The lowest BCUT2D eigenvalue weighted by Gasteiger charge is -2.08. The molecule has 1 heterocycles. The first-order chi connectivity index (χ1) is 8.19. The second-order valence-corrected chi connectivity index (χ2v) is 3.71. The summed E-state index contributed by atoms with van der Waals surface area (Å²) < 4.78 is 12.9. The molecule has 88 valence electrons. The lowest BCUT2D eigenvalue weighted by molar-refractivity contribution is 0.628. The van der Waals surface area contributed by atoms with Crippen molar-refractivity contribution in [1.29, 1.82) is 0 Å². The maximum Gasteiger partial charge on any atom is 0.142 e. The van der Waals surface area contributed by atoms with Crippen LogP contribution in [0.4, 0.5) is 21.7 Å². The van der Waals surface area contributed by atoms with E-state index < -0.39 is 0 Å².